The van der Waals surface area contributed by atoms with Crippen LogP contribution in [0.15, 0.2) is 30.3 Å². The van der Waals surface area contributed by atoms with E-state index in [0.717, 1.165) is 0 Å². The van der Waals surface area contributed by atoms with E-state index in [1.165, 1.54) is 0 Å². The smallest absolute Gasteiger partial charge is 0.548 e. The first-order valence-corrected chi connectivity index (χ1v) is 4.54. The van der Waals surface area contributed by atoms with Crippen molar-refractivity contribution in [2.45, 2.75) is 4.87 Å². The molecule has 1 aromatic carbocycles. The van der Waals surface area contributed by atoms with Crippen LogP contribution < -0.4 is 34.7 Å². The van der Waals surface area contributed by atoms with Crippen LogP contribution in [0.2, 0.25) is 0 Å². The summed E-state index contributed by atoms with van der Waals surface area (Å²) in [5.41, 5.74) is 0.437. The SMILES string of the molecule is O=C([O-])C(Cl)(CCl)c1ccccc1.[Na+]. The van der Waals surface area contributed by atoms with Crippen molar-refractivity contribution in [1.29, 1.82) is 0 Å². The molecule has 1 unspecified atom stereocenters. The molecule has 0 N–H and O–H groups in total. The fourth-order valence-corrected chi connectivity index (χ4v) is 1.34. The number of rotatable bonds is 3. The van der Waals surface area contributed by atoms with Crippen LogP contribution in [-0.4, -0.2) is 11.8 Å². The molecule has 1 aromatic rings. The van der Waals surface area contributed by atoms with Gasteiger partial charge in [-0.05, 0) is 5.56 Å². The number of benzene rings is 1. The van der Waals surface area contributed by atoms with Crippen molar-refractivity contribution < 1.29 is 39.5 Å². The zero-order valence-electron chi connectivity index (χ0n) is 7.67. The maximum absolute atomic E-state index is 10.7. The molecule has 14 heavy (non-hydrogen) atoms. The van der Waals surface area contributed by atoms with Crippen LogP contribution in [-0.2, 0) is 9.67 Å². The zero-order chi connectivity index (χ0) is 9.90. The van der Waals surface area contributed by atoms with Gasteiger partial charge in [0.25, 0.3) is 0 Å². The zero-order valence-corrected chi connectivity index (χ0v) is 11.2. The molecule has 0 aromatic heterocycles. The van der Waals surface area contributed by atoms with Crippen molar-refractivity contribution in [1.82, 2.24) is 0 Å². The average molecular weight is 241 g/mol. The Morgan fingerprint density at radius 3 is 2.21 bits per heavy atom. The molecule has 0 saturated carbocycles. The second-order valence-electron chi connectivity index (χ2n) is 2.59. The molecule has 1 atom stereocenters. The van der Waals surface area contributed by atoms with E-state index in [2.05, 4.69) is 0 Å². The van der Waals surface area contributed by atoms with E-state index in [-0.39, 0.29) is 35.4 Å². The molecule has 0 spiro atoms. The standard InChI is InChI=1S/C9H8Cl2O2.Na/c10-6-9(11,8(12)13)7-4-2-1-3-5-7;/h1-5H,6H2,(H,12,13);/q;+1/p-1. The summed E-state index contributed by atoms with van der Waals surface area (Å²) in [5.74, 6) is -1.60. The summed E-state index contributed by atoms with van der Waals surface area (Å²) >= 11 is 11.3. The molecule has 0 heterocycles. The van der Waals surface area contributed by atoms with E-state index in [0.29, 0.717) is 5.56 Å². The Kier molecular flexibility index (Phi) is 6.10. The predicted molar refractivity (Wildman–Crippen MR) is 49.7 cm³/mol. The van der Waals surface area contributed by atoms with Gasteiger partial charge in [0.1, 0.15) is 4.87 Å². The van der Waals surface area contributed by atoms with Crippen LogP contribution in [0.5, 0.6) is 0 Å². The Labute approximate surface area is 115 Å². The molecule has 0 amide bonds. The third kappa shape index (κ3) is 2.88. The van der Waals surface area contributed by atoms with Crippen LogP contribution in [0.25, 0.3) is 0 Å². The Morgan fingerprint density at radius 1 is 1.36 bits per heavy atom. The summed E-state index contributed by atoms with van der Waals surface area (Å²) in [6.07, 6.45) is 0. The first-order valence-electron chi connectivity index (χ1n) is 3.63. The van der Waals surface area contributed by atoms with Gasteiger partial charge < -0.3 is 9.90 Å². The summed E-state index contributed by atoms with van der Waals surface area (Å²) in [6, 6.07) is 8.37. The number of carboxylic acids is 1. The van der Waals surface area contributed by atoms with Crippen molar-refractivity contribution in [2.24, 2.45) is 0 Å². The summed E-state index contributed by atoms with van der Waals surface area (Å²) in [5, 5.41) is 10.7. The van der Waals surface area contributed by atoms with Crippen molar-refractivity contribution in [3.05, 3.63) is 35.9 Å². The summed E-state index contributed by atoms with van der Waals surface area (Å²) in [6.45, 7) is 0. The number of aliphatic carboxylic acids is 1. The van der Waals surface area contributed by atoms with Crippen LogP contribution in [0, 0.1) is 0 Å². The topological polar surface area (TPSA) is 40.1 Å². The van der Waals surface area contributed by atoms with Crippen molar-refractivity contribution in [3.63, 3.8) is 0 Å². The number of halogens is 2. The fourth-order valence-electron chi connectivity index (χ4n) is 0.952. The number of alkyl halides is 2. The van der Waals surface area contributed by atoms with E-state index in [9.17, 15) is 9.90 Å². The Morgan fingerprint density at radius 2 is 1.86 bits per heavy atom. The average Bonchev–Trinajstić information content (AvgIpc) is 2.17. The van der Waals surface area contributed by atoms with Crippen LogP contribution >= 0.6 is 23.2 Å². The molecule has 0 aliphatic heterocycles. The molecule has 0 aliphatic rings. The molecule has 70 valence electrons. The van der Waals surface area contributed by atoms with E-state index in [1.54, 1.807) is 30.3 Å². The van der Waals surface area contributed by atoms with E-state index >= 15 is 0 Å². The molecule has 0 bridgehead atoms. The van der Waals surface area contributed by atoms with Gasteiger partial charge in [0.15, 0.2) is 0 Å². The van der Waals surface area contributed by atoms with Gasteiger partial charge in [-0.3, -0.25) is 0 Å². The van der Waals surface area contributed by atoms with Crippen molar-refractivity contribution in [2.75, 3.05) is 5.88 Å². The summed E-state index contributed by atoms with van der Waals surface area (Å²) in [7, 11) is 0. The van der Waals surface area contributed by atoms with Gasteiger partial charge in [-0.2, -0.15) is 0 Å². The number of carbonyl (C=O) groups excluding carboxylic acids is 1. The predicted octanol–water partition coefficient (Wildman–Crippen LogP) is -1.89. The number of carbonyl (C=O) groups is 1. The Balaban J connectivity index is 0.00000169. The Bertz CT molecular complexity index is 305. The minimum absolute atomic E-state index is 0. The van der Waals surface area contributed by atoms with Crippen LogP contribution in [0.1, 0.15) is 5.56 Å². The number of carboxylic acid groups (broad SMARTS) is 1. The van der Waals surface area contributed by atoms with Crippen LogP contribution in [0.4, 0.5) is 0 Å². The quantitative estimate of drug-likeness (QED) is 0.458. The third-order valence-electron chi connectivity index (χ3n) is 1.74. The number of hydrogen-bond acceptors (Lipinski definition) is 2. The molecule has 0 fully saturated rings. The molecular formula is C9H7Cl2NaO2. The normalized spacial score (nSPS) is 13.9. The fraction of sp³-hybridized carbons (Fsp3) is 0.222. The van der Waals surface area contributed by atoms with E-state index in [4.69, 9.17) is 23.2 Å². The minimum atomic E-state index is -1.62. The molecule has 0 aliphatic carbocycles. The van der Waals surface area contributed by atoms with E-state index < -0.39 is 10.8 Å². The van der Waals surface area contributed by atoms with Gasteiger partial charge in [-0.25, -0.2) is 0 Å². The minimum Gasteiger partial charge on any atom is -0.548 e. The van der Waals surface area contributed by atoms with Gasteiger partial charge in [-0.1, -0.05) is 30.3 Å². The molecule has 5 heteroatoms. The Hall–Kier alpha value is 0.270. The summed E-state index contributed by atoms with van der Waals surface area (Å²) in [4.78, 5) is 9.10. The molecule has 1 rings (SSSR count). The second kappa shape index (κ2) is 5.99. The van der Waals surface area contributed by atoms with Gasteiger partial charge in [0.2, 0.25) is 0 Å². The first kappa shape index (κ1) is 14.3. The first-order chi connectivity index (χ1) is 6.11. The molecular weight excluding hydrogens is 234 g/mol. The van der Waals surface area contributed by atoms with Gasteiger partial charge in [-0.15, -0.1) is 23.2 Å². The largest absolute Gasteiger partial charge is 1.00 e. The number of hydrogen-bond donors (Lipinski definition) is 0. The molecule has 2 nitrogen and oxygen atoms in total. The second-order valence-corrected chi connectivity index (χ2v) is 3.50. The van der Waals surface area contributed by atoms with Crippen LogP contribution in [0.3, 0.4) is 0 Å². The van der Waals surface area contributed by atoms with Gasteiger partial charge in [0.05, 0.1) is 11.8 Å². The van der Waals surface area contributed by atoms with Crippen molar-refractivity contribution >= 4 is 29.2 Å². The summed E-state index contributed by atoms with van der Waals surface area (Å²) < 4.78 is 0. The maximum atomic E-state index is 10.7. The maximum Gasteiger partial charge on any atom is 1.00 e. The monoisotopic (exact) mass is 240 g/mol. The van der Waals surface area contributed by atoms with Gasteiger partial charge in [0, 0.05) is 0 Å². The van der Waals surface area contributed by atoms with Crippen molar-refractivity contribution in [3.8, 4) is 0 Å². The van der Waals surface area contributed by atoms with E-state index in [1.807, 2.05) is 0 Å². The third-order valence-corrected chi connectivity index (χ3v) is 2.78. The van der Waals surface area contributed by atoms with Gasteiger partial charge >= 0.3 is 29.6 Å². The molecule has 0 saturated heterocycles. The molecule has 0 radical (unpaired) electrons.